The fourth-order valence-electron chi connectivity index (χ4n) is 3.16. The molecule has 0 saturated carbocycles. The minimum absolute atomic E-state index is 0.0795. The predicted molar refractivity (Wildman–Crippen MR) is 89.6 cm³/mol. The topological polar surface area (TPSA) is 64.2 Å². The number of rotatable bonds is 3. The second-order valence-corrected chi connectivity index (χ2v) is 6.80. The van der Waals surface area contributed by atoms with Crippen LogP contribution in [0, 0.1) is 10.1 Å². The van der Waals surface area contributed by atoms with Crippen LogP contribution in [-0.4, -0.2) is 39.5 Å². The Balaban J connectivity index is 2.11. The van der Waals surface area contributed by atoms with E-state index in [2.05, 4.69) is 34.1 Å². The van der Waals surface area contributed by atoms with Gasteiger partial charge in [0.15, 0.2) is 0 Å². The number of piperidine rings is 1. The van der Waals surface area contributed by atoms with E-state index in [0.29, 0.717) is 11.6 Å². The lowest BCUT2D eigenvalue weighted by Crippen LogP contribution is -2.31. The average Bonchev–Trinajstić information content (AvgIpc) is 2.90. The summed E-state index contributed by atoms with van der Waals surface area (Å²) in [6, 6.07) is 3.58. The summed E-state index contributed by atoms with van der Waals surface area (Å²) in [6.45, 7) is 4.06. The minimum atomic E-state index is -0.367. The zero-order chi connectivity index (χ0) is 15.9. The number of aromatic nitrogens is 2. The van der Waals surface area contributed by atoms with Crippen molar-refractivity contribution < 1.29 is 4.92 Å². The molecule has 3 rings (SSSR count). The van der Waals surface area contributed by atoms with Gasteiger partial charge in [-0.3, -0.25) is 10.1 Å². The summed E-state index contributed by atoms with van der Waals surface area (Å²) in [5.41, 5.74) is 2.63. The number of likely N-dealkylation sites (tertiary alicyclic amines) is 1. The maximum atomic E-state index is 11.1. The molecule has 1 unspecified atom stereocenters. The first kappa shape index (κ1) is 15.3. The second-order valence-electron chi connectivity index (χ2n) is 6.02. The van der Waals surface area contributed by atoms with Crippen molar-refractivity contribution in [2.75, 3.05) is 20.1 Å². The molecule has 118 valence electrons. The maximum Gasteiger partial charge on any atom is 0.272 e. The van der Waals surface area contributed by atoms with Crippen LogP contribution >= 0.6 is 12.6 Å². The van der Waals surface area contributed by atoms with Gasteiger partial charge < -0.3 is 9.47 Å². The SMILES string of the molecule is CC(S)c1cc([N+](=O)[O-])cc2ncn(C3CCN(C)CC3)c12. The van der Waals surface area contributed by atoms with Gasteiger partial charge in [0.25, 0.3) is 5.69 Å². The van der Waals surface area contributed by atoms with E-state index in [1.54, 1.807) is 12.1 Å². The highest BCUT2D eigenvalue weighted by atomic mass is 32.1. The first-order valence-corrected chi connectivity index (χ1v) is 8.00. The van der Waals surface area contributed by atoms with Crippen molar-refractivity contribution in [2.45, 2.75) is 31.1 Å². The normalized spacial score (nSPS) is 18.7. The molecule has 22 heavy (non-hydrogen) atoms. The van der Waals surface area contributed by atoms with Crippen molar-refractivity contribution in [1.29, 1.82) is 0 Å². The average molecular weight is 320 g/mol. The van der Waals surface area contributed by atoms with Crippen LogP contribution < -0.4 is 0 Å². The van der Waals surface area contributed by atoms with Crippen LogP contribution in [0.3, 0.4) is 0 Å². The quantitative estimate of drug-likeness (QED) is 0.536. The molecule has 0 spiro atoms. The third-order valence-electron chi connectivity index (χ3n) is 4.43. The molecule has 1 aromatic carbocycles. The Hall–Kier alpha value is -1.60. The van der Waals surface area contributed by atoms with E-state index in [1.165, 1.54) is 0 Å². The van der Waals surface area contributed by atoms with Gasteiger partial charge in [-0.05, 0) is 45.5 Å². The van der Waals surface area contributed by atoms with Gasteiger partial charge in [0.2, 0.25) is 0 Å². The number of thiol groups is 1. The number of nitrogens with zero attached hydrogens (tertiary/aromatic N) is 4. The summed E-state index contributed by atoms with van der Waals surface area (Å²) in [6.07, 6.45) is 3.96. The Morgan fingerprint density at radius 3 is 2.68 bits per heavy atom. The molecular formula is C15H20N4O2S. The van der Waals surface area contributed by atoms with Crippen LogP contribution in [0.2, 0.25) is 0 Å². The molecule has 1 aromatic heterocycles. The van der Waals surface area contributed by atoms with Gasteiger partial charge in [0.05, 0.1) is 22.3 Å². The molecule has 0 N–H and O–H groups in total. The monoisotopic (exact) mass is 320 g/mol. The number of nitro groups is 1. The third kappa shape index (κ3) is 2.70. The summed E-state index contributed by atoms with van der Waals surface area (Å²) in [5.74, 6) is 0. The molecule has 6 nitrogen and oxygen atoms in total. The number of hydrogen-bond donors (Lipinski definition) is 1. The van der Waals surface area contributed by atoms with E-state index in [9.17, 15) is 10.1 Å². The molecule has 1 fully saturated rings. The number of hydrogen-bond acceptors (Lipinski definition) is 5. The molecule has 1 aliphatic rings. The highest BCUT2D eigenvalue weighted by Crippen LogP contribution is 2.35. The number of nitro benzene ring substituents is 1. The summed E-state index contributed by atoms with van der Waals surface area (Å²) in [5, 5.41) is 11.0. The molecule has 2 heterocycles. The van der Waals surface area contributed by atoms with Crippen molar-refractivity contribution in [3.05, 3.63) is 34.1 Å². The molecule has 1 aliphatic heterocycles. The largest absolute Gasteiger partial charge is 0.327 e. The molecule has 1 saturated heterocycles. The van der Waals surface area contributed by atoms with Crippen molar-refractivity contribution in [1.82, 2.24) is 14.5 Å². The highest BCUT2D eigenvalue weighted by molar-refractivity contribution is 7.80. The summed E-state index contributed by atoms with van der Waals surface area (Å²) in [4.78, 5) is 17.5. The minimum Gasteiger partial charge on any atom is -0.327 e. The summed E-state index contributed by atoms with van der Waals surface area (Å²) in [7, 11) is 2.13. The first-order chi connectivity index (χ1) is 10.5. The summed E-state index contributed by atoms with van der Waals surface area (Å²) >= 11 is 4.51. The molecule has 0 radical (unpaired) electrons. The Morgan fingerprint density at radius 1 is 1.41 bits per heavy atom. The van der Waals surface area contributed by atoms with Crippen LogP contribution in [-0.2, 0) is 0 Å². The van der Waals surface area contributed by atoms with Gasteiger partial charge in [0.1, 0.15) is 0 Å². The van der Waals surface area contributed by atoms with Gasteiger partial charge >= 0.3 is 0 Å². The van der Waals surface area contributed by atoms with Crippen LogP contribution in [0.5, 0.6) is 0 Å². The van der Waals surface area contributed by atoms with E-state index < -0.39 is 0 Å². The maximum absolute atomic E-state index is 11.1. The lowest BCUT2D eigenvalue weighted by molar-refractivity contribution is -0.384. The van der Waals surface area contributed by atoms with Gasteiger partial charge in [0, 0.05) is 23.4 Å². The van der Waals surface area contributed by atoms with Gasteiger partial charge in [-0.15, -0.1) is 0 Å². The van der Waals surface area contributed by atoms with Crippen molar-refractivity contribution in [3.63, 3.8) is 0 Å². The Morgan fingerprint density at radius 2 is 2.09 bits per heavy atom. The second kappa shape index (κ2) is 5.89. The number of non-ortho nitro benzene ring substituents is 1. The molecular weight excluding hydrogens is 300 g/mol. The van der Waals surface area contributed by atoms with E-state index in [-0.39, 0.29) is 15.9 Å². The number of imidazole rings is 1. The van der Waals surface area contributed by atoms with Crippen molar-refractivity contribution in [3.8, 4) is 0 Å². The standard InChI is InChI=1S/C15H20N4O2S/c1-10(22)13-7-12(19(20)21)8-14-15(13)18(9-16-14)11-3-5-17(2)6-4-11/h7-11,22H,3-6H2,1-2H3. The van der Waals surface area contributed by atoms with Crippen LogP contribution in [0.15, 0.2) is 18.5 Å². The zero-order valence-corrected chi connectivity index (χ0v) is 13.7. The highest BCUT2D eigenvalue weighted by Gasteiger charge is 2.23. The van der Waals surface area contributed by atoms with E-state index in [4.69, 9.17) is 0 Å². The fraction of sp³-hybridized carbons (Fsp3) is 0.533. The fourth-order valence-corrected chi connectivity index (χ4v) is 3.36. The molecule has 0 amide bonds. The van der Waals surface area contributed by atoms with E-state index in [1.807, 2.05) is 13.3 Å². The Labute approximate surface area is 134 Å². The van der Waals surface area contributed by atoms with Gasteiger partial charge in [-0.2, -0.15) is 12.6 Å². The molecule has 0 aliphatic carbocycles. The smallest absolute Gasteiger partial charge is 0.272 e. The molecule has 0 bridgehead atoms. The molecule has 2 aromatic rings. The van der Waals surface area contributed by atoms with E-state index in [0.717, 1.165) is 37.0 Å². The Kier molecular flexibility index (Phi) is 4.10. The summed E-state index contributed by atoms with van der Waals surface area (Å²) < 4.78 is 2.19. The number of fused-ring (bicyclic) bond motifs is 1. The lowest BCUT2D eigenvalue weighted by Gasteiger charge is -2.30. The van der Waals surface area contributed by atoms with Crippen LogP contribution in [0.25, 0.3) is 11.0 Å². The van der Waals surface area contributed by atoms with Gasteiger partial charge in [-0.25, -0.2) is 4.98 Å². The van der Waals surface area contributed by atoms with E-state index >= 15 is 0 Å². The van der Waals surface area contributed by atoms with Gasteiger partial charge in [-0.1, -0.05) is 0 Å². The predicted octanol–water partition coefficient (Wildman–Crippen LogP) is 3.20. The van der Waals surface area contributed by atoms with Crippen molar-refractivity contribution in [2.24, 2.45) is 0 Å². The first-order valence-electron chi connectivity index (χ1n) is 7.49. The third-order valence-corrected chi connectivity index (χ3v) is 4.70. The molecule has 1 atom stereocenters. The van der Waals surface area contributed by atoms with Crippen LogP contribution in [0.1, 0.15) is 36.6 Å². The number of benzene rings is 1. The lowest BCUT2D eigenvalue weighted by atomic mass is 10.0. The van der Waals surface area contributed by atoms with Crippen LogP contribution in [0.4, 0.5) is 5.69 Å². The Bertz CT molecular complexity index is 705. The molecule has 7 heteroatoms. The zero-order valence-electron chi connectivity index (χ0n) is 12.8. The van der Waals surface area contributed by atoms with Crippen molar-refractivity contribution >= 4 is 29.3 Å².